The van der Waals surface area contributed by atoms with Crippen LogP contribution >= 0.6 is 12.2 Å². The summed E-state index contributed by atoms with van der Waals surface area (Å²) in [5.41, 5.74) is 4.04. The Kier molecular flexibility index (Phi) is 5.46. The van der Waals surface area contributed by atoms with Crippen LogP contribution in [0.25, 0.3) is 6.08 Å². The van der Waals surface area contributed by atoms with Crippen LogP contribution in [0.2, 0.25) is 0 Å². The van der Waals surface area contributed by atoms with E-state index >= 15 is 0 Å². The third kappa shape index (κ3) is 3.80. The second kappa shape index (κ2) is 7.80. The van der Waals surface area contributed by atoms with Crippen molar-refractivity contribution >= 4 is 35.0 Å². The molecule has 2 aromatic rings. The molecule has 3 rings (SSSR count). The average Bonchev–Trinajstić information content (AvgIpc) is 2.88. The third-order valence-corrected chi connectivity index (χ3v) is 4.44. The number of aryl methyl sites for hydroxylation is 2. The topological polar surface area (TPSA) is 50.8 Å². The van der Waals surface area contributed by atoms with Crippen LogP contribution in [0, 0.1) is 13.8 Å². The van der Waals surface area contributed by atoms with E-state index in [1.165, 1.54) is 4.90 Å². The van der Waals surface area contributed by atoms with E-state index in [1.54, 1.807) is 13.2 Å². The Labute approximate surface area is 164 Å². The predicted molar refractivity (Wildman–Crippen MR) is 111 cm³/mol. The largest absolute Gasteiger partial charge is 0.492 e. The molecule has 1 heterocycles. The summed E-state index contributed by atoms with van der Waals surface area (Å²) in [7, 11) is 1.58. The number of carbonyl (C=O) groups excluding carboxylic acids is 1. The quantitative estimate of drug-likeness (QED) is 0.626. The Hall–Kier alpha value is -2.86. The van der Waals surface area contributed by atoms with Crippen molar-refractivity contribution in [2.75, 3.05) is 18.6 Å². The molecule has 0 unspecified atom stereocenters. The average molecular weight is 382 g/mol. The third-order valence-electron chi connectivity index (χ3n) is 4.16. The van der Waals surface area contributed by atoms with Gasteiger partial charge in [-0.25, -0.2) is 0 Å². The number of rotatable bonds is 5. The fourth-order valence-electron chi connectivity index (χ4n) is 3.14. The summed E-state index contributed by atoms with van der Waals surface area (Å²) in [6.07, 6.45) is 1.73. The van der Waals surface area contributed by atoms with Gasteiger partial charge in [0.15, 0.2) is 16.6 Å². The van der Waals surface area contributed by atoms with E-state index in [-0.39, 0.29) is 5.91 Å². The summed E-state index contributed by atoms with van der Waals surface area (Å²) in [5, 5.41) is 3.37. The molecule has 27 heavy (non-hydrogen) atoms. The maximum Gasteiger partial charge on any atom is 0.281 e. The van der Waals surface area contributed by atoms with Gasteiger partial charge in [0.2, 0.25) is 0 Å². The number of thiocarbonyl (C=S) groups is 1. The second-order valence-electron chi connectivity index (χ2n) is 6.29. The van der Waals surface area contributed by atoms with E-state index in [9.17, 15) is 4.79 Å². The van der Waals surface area contributed by atoms with E-state index in [0.29, 0.717) is 28.9 Å². The van der Waals surface area contributed by atoms with Gasteiger partial charge >= 0.3 is 0 Å². The number of hydrogen-bond donors (Lipinski definition) is 1. The molecule has 0 atom stereocenters. The molecule has 5 nitrogen and oxygen atoms in total. The number of methoxy groups -OCH3 is 1. The number of anilines is 1. The SMILES string of the molecule is CCOc1cccc(/C=C2\NC(=S)N(c3cc(C)cc(C)c3)C2=O)c1OC. The van der Waals surface area contributed by atoms with Gasteiger partial charge in [-0.05, 0) is 68.4 Å². The molecular weight excluding hydrogens is 360 g/mol. The molecule has 0 spiro atoms. The van der Waals surface area contributed by atoms with Crippen LogP contribution in [0.4, 0.5) is 5.69 Å². The Morgan fingerprint density at radius 3 is 2.52 bits per heavy atom. The summed E-state index contributed by atoms with van der Waals surface area (Å²) in [6, 6.07) is 11.5. The van der Waals surface area contributed by atoms with Gasteiger partial charge < -0.3 is 14.8 Å². The van der Waals surface area contributed by atoms with Crippen molar-refractivity contribution in [3.63, 3.8) is 0 Å². The number of amides is 1. The first-order chi connectivity index (χ1) is 12.9. The molecule has 1 aliphatic heterocycles. The zero-order valence-corrected chi connectivity index (χ0v) is 16.6. The lowest BCUT2D eigenvalue weighted by atomic mass is 10.1. The maximum absolute atomic E-state index is 13.0. The van der Waals surface area contributed by atoms with E-state index in [4.69, 9.17) is 21.7 Å². The molecule has 2 aromatic carbocycles. The Morgan fingerprint density at radius 1 is 1.19 bits per heavy atom. The molecule has 0 radical (unpaired) electrons. The van der Waals surface area contributed by atoms with Gasteiger partial charge in [0.05, 0.1) is 19.4 Å². The number of benzene rings is 2. The summed E-state index contributed by atoms with van der Waals surface area (Å²) >= 11 is 5.41. The van der Waals surface area contributed by atoms with Crippen LogP contribution in [0.1, 0.15) is 23.6 Å². The maximum atomic E-state index is 13.0. The highest BCUT2D eigenvalue weighted by atomic mass is 32.1. The Bertz CT molecular complexity index is 917. The Morgan fingerprint density at radius 2 is 1.89 bits per heavy atom. The van der Waals surface area contributed by atoms with Crippen LogP contribution in [0.5, 0.6) is 11.5 Å². The van der Waals surface area contributed by atoms with Crippen molar-refractivity contribution < 1.29 is 14.3 Å². The summed E-state index contributed by atoms with van der Waals surface area (Å²) in [6.45, 7) is 6.42. The van der Waals surface area contributed by atoms with Gasteiger partial charge in [0, 0.05) is 5.56 Å². The molecular formula is C21H22N2O3S. The second-order valence-corrected chi connectivity index (χ2v) is 6.67. The lowest BCUT2D eigenvalue weighted by molar-refractivity contribution is -0.113. The molecule has 0 bridgehead atoms. The first-order valence-corrected chi connectivity index (χ1v) is 9.10. The lowest BCUT2D eigenvalue weighted by Gasteiger charge is -2.15. The van der Waals surface area contributed by atoms with Crippen LogP contribution < -0.4 is 19.7 Å². The lowest BCUT2D eigenvalue weighted by Crippen LogP contribution is -2.30. The number of carbonyl (C=O) groups is 1. The molecule has 1 amide bonds. The van der Waals surface area contributed by atoms with E-state index in [2.05, 4.69) is 11.4 Å². The van der Waals surface area contributed by atoms with Crippen molar-refractivity contribution in [3.05, 3.63) is 58.8 Å². The number of nitrogens with zero attached hydrogens (tertiary/aromatic N) is 1. The van der Waals surface area contributed by atoms with Crippen molar-refractivity contribution in [2.45, 2.75) is 20.8 Å². The molecule has 1 fully saturated rings. The monoisotopic (exact) mass is 382 g/mol. The Balaban J connectivity index is 1.99. The standard InChI is InChI=1S/C21H22N2O3S/c1-5-26-18-8-6-7-15(19(18)25-4)12-17-20(24)23(21(27)22-17)16-10-13(2)9-14(3)11-16/h6-12H,5H2,1-4H3,(H,22,27)/b17-12-. The molecule has 1 aliphatic rings. The first-order valence-electron chi connectivity index (χ1n) is 8.69. The van der Waals surface area contributed by atoms with Gasteiger partial charge in [-0.15, -0.1) is 0 Å². The number of hydrogen-bond acceptors (Lipinski definition) is 4. The van der Waals surface area contributed by atoms with Crippen molar-refractivity contribution in [1.29, 1.82) is 0 Å². The van der Waals surface area contributed by atoms with Gasteiger partial charge in [0.25, 0.3) is 5.91 Å². The van der Waals surface area contributed by atoms with Gasteiger partial charge in [0.1, 0.15) is 5.70 Å². The minimum absolute atomic E-state index is 0.200. The van der Waals surface area contributed by atoms with Gasteiger partial charge in [-0.2, -0.15) is 0 Å². The minimum Gasteiger partial charge on any atom is -0.492 e. The molecule has 6 heteroatoms. The highest BCUT2D eigenvalue weighted by Crippen LogP contribution is 2.33. The van der Waals surface area contributed by atoms with E-state index in [1.807, 2.05) is 51.1 Å². The zero-order chi connectivity index (χ0) is 19.6. The zero-order valence-electron chi connectivity index (χ0n) is 15.8. The summed E-state index contributed by atoms with van der Waals surface area (Å²) < 4.78 is 11.1. The minimum atomic E-state index is -0.200. The van der Waals surface area contributed by atoms with Crippen LogP contribution in [-0.2, 0) is 4.79 Å². The van der Waals surface area contributed by atoms with Crippen LogP contribution in [-0.4, -0.2) is 24.7 Å². The molecule has 1 saturated heterocycles. The van der Waals surface area contributed by atoms with E-state index in [0.717, 1.165) is 22.4 Å². The highest BCUT2D eigenvalue weighted by molar-refractivity contribution is 7.80. The normalized spacial score (nSPS) is 15.3. The summed E-state index contributed by atoms with van der Waals surface area (Å²) in [4.78, 5) is 14.5. The van der Waals surface area contributed by atoms with Crippen molar-refractivity contribution in [1.82, 2.24) is 5.32 Å². The van der Waals surface area contributed by atoms with Crippen LogP contribution in [0.3, 0.4) is 0 Å². The van der Waals surface area contributed by atoms with Gasteiger partial charge in [-0.1, -0.05) is 18.2 Å². The molecule has 0 aliphatic carbocycles. The van der Waals surface area contributed by atoms with Crippen molar-refractivity contribution in [3.8, 4) is 11.5 Å². The highest BCUT2D eigenvalue weighted by Gasteiger charge is 2.32. The first kappa shape index (κ1) is 18.9. The molecule has 140 valence electrons. The number of para-hydroxylation sites is 1. The van der Waals surface area contributed by atoms with Gasteiger partial charge in [-0.3, -0.25) is 9.69 Å². The smallest absolute Gasteiger partial charge is 0.281 e. The fourth-order valence-corrected chi connectivity index (χ4v) is 3.44. The van der Waals surface area contributed by atoms with E-state index < -0.39 is 0 Å². The summed E-state index contributed by atoms with van der Waals surface area (Å²) in [5.74, 6) is 1.01. The fraction of sp³-hybridized carbons (Fsp3) is 0.238. The van der Waals surface area contributed by atoms with Crippen molar-refractivity contribution in [2.24, 2.45) is 0 Å². The van der Waals surface area contributed by atoms with Crippen LogP contribution in [0.15, 0.2) is 42.1 Å². The molecule has 0 saturated carbocycles. The molecule has 0 aromatic heterocycles. The predicted octanol–water partition coefficient (Wildman–Crippen LogP) is 3.97. The number of ether oxygens (including phenoxy) is 2. The number of nitrogens with one attached hydrogen (secondary N) is 1. The molecule has 1 N–H and O–H groups in total.